The lowest BCUT2D eigenvalue weighted by molar-refractivity contribution is -0.141. The van der Waals surface area contributed by atoms with Gasteiger partial charge in [-0.2, -0.15) is 0 Å². The summed E-state index contributed by atoms with van der Waals surface area (Å²) in [6, 6.07) is 9.58. The van der Waals surface area contributed by atoms with Gasteiger partial charge in [0, 0.05) is 19.5 Å². The SMILES string of the molecule is CC(=O)OCNC[C@H](NC(=O)OCc1ccccc1)C1CCCCC1. The van der Waals surface area contributed by atoms with Gasteiger partial charge in [-0.1, -0.05) is 49.6 Å². The van der Waals surface area contributed by atoms with E-state index in [-0.39, 0.29) is 25.3 Å². The Kier molecular flexibility index (Phi) is 8.25. The van der Waals surface area contributed by atoms with E-state index in [4.69, 9.17) is 9.47 Å². The van der Waals surface area contributed by atoms with E-state index in [0.29, 0.717) is 12.5 Å². The molecule has 1 atom stereocenters. The van der Waals surface area contributed by atoms with Gasteiger partial charge < -0.3 is 14.8 Å². The summed E-state index contributed by atoms with van der Waals surface area (Å²) in [4.78, 5) is 23.0. The molecule has 1 saturated carbocycles. The Labute approximate surface area is 149 Å². The molecule has 2 N–H and O–H groups in total. The molecule has 0 unspecified atom stereocenters. The second kappa shape index (κ2) is 10.7. The van der Waals surface area contributed by atoms with E-state index in [1.54, 1.807) is 0 Å². The van der Waals surface area contributed by atoms with Crippen LogP contribution in [0.25, 0.3) is 0 Å². The maximum Gasteiger partial charge on any atom is 0.407 e. The minimum Gasteiger partial charge on any atom is -0.450 e. The fourth-order valence-electron chi connectivity index (χ4n) is 3.16. The van der Waals surface area contributed by atoms with Crippen LogP contribution in [0.3, 0.4) is 0 Å². The highest BCUT2D eigenvalue weighted by Crippen LogP contribution is 2.26. The number of nitrogens with one attached hydrogen (secondary N) is 2. The van der Waals surface area contributed by atoms with Crippen molar-refractivity contribution in [1.29, 1.82) is 0 Å². The minimum atomic E-state index is -0.409. The van der Waals surface area contributed by atoms with Gasteiger partial charge in [0.15, 0.2) is 0 Å². The normalized spacial score (nSPS) is 16.0. The maximum atomic E-state index is 12.2. The molecule has 0 aromatic heterocycles. The summed E-state index contributed by atoms with van der Waals surface area (Å²) in [5.74, 6) is 0.0970. The highest BCUT2D eigenvalue weighted by molar-refractivity contribution is 5.67. The number of benzene rings is 1. The lowest BCUT2D eigenvalue weighted by atomic mass is 9.84. The van der Waals surface area contributed by atoms with Crippen LogP contribution < -0.4 is 10.6 Å². The second-order valence-electron chi connectivity index (χ2n) is 6.45. The summed E-state index contributed by atoms with van der Waals surface area (Å²) in [7, 11) is 0. The lowest BCUT2D eigenvalue weighted by Gasteiger charge is -2.30. The molecule has 6 nitrogen and oxygen atoms in total. The molecular formula is C19H28N2O4. The van der Waals surface area contributed by atoms with Crippen LogP contribution in [0.15, 0.2) is 30.3 Å². The van der Waals surface area contributed by atoms with E-state index in [1.165, 1.54) is 26.2 Å². The first-order valence-electron chi connectivity index (χ1n) is 8.96. The van der Waals surface area contributed by atoms with E-state index in [9.17, 15) is 9.59 Å². The van der Waals surface area contributed by atoms with Gasteiger partial charge in [0.05, 0.1) is 0 Å². The molecule has 0 saturated heterocycles. The smallest absolute Gasteiger partial charge is 0.407 e. The minimum absolute atomic E-state index is 0.0286. The molecule has 0 radical (unpaired) electrons. The van der Waals surface area contributed by atoms with E-state index in [1.807, 2.05) is 30.3 Å². The third-order valence-corrected chi connectivity index (χ3v) is 4.48. The summed E-state index contributed by atoms with van der Waals surface area (Å²) >= 11 is 0. The third kappa shape index (κ3) is 7.56. The number of carbonyl (C=O) groups excluding carboxylic acids is 2. The number of alkyl carbamates (subject to hydrolysis) is 1. The van der Waals surface area contributed by atoms with E-state index < -0.39 is 6.09 Å². The van der Waals surface area contributed by atoms with Gasteiger partial charge in [-0.05, 0) is 24.3 Å². The van der Waals surface area contributed by atoms with Crippen LogP contribution >= 0.6 is 0 Å². The van der Waals surface area contributed by atoms with Crippen molar-refractivity contribution >= 4 is 12.1 Å². The quantitative estimate of drug-likeness (QED) is 0.429. The fraction of sp³-hybridized carbons (Fsp3) is 0.579. The van der Waals surface area contributed by atoms with Crippen LogP contribution in [0.4, 0.5) is 4.79 Å². The van der Waals surface area contributed by atoms with Gasteiger partial charge in [-0.25, -0.2) is 4.79 Å². The zero-order valence-corrected chi connectivity index (χ0v) is 14.8. The molecule has 0 spiro atoms. The predicted molar refractivity (Wildman–Crippen MR) is 94.8 cm³/mol. The third-order valence-electron chi connectivity index (χ3n) is 4.48. The Bertz CT molecular complexity index is 529. The summed E-state index contributed by atoms with van der Waals surface area (Å²) in [6.45, 7) is 2.34. The van der Waals surface area contributed by atoms with E-state index in [0.717, 1.165) is 18.4 Å². The molecule has 1 fully saturated rings. The Morgan fingerprint density at radius 1 is 1.12 bits per heavy atom. The molecule has 138 valence electrons. The Morgan fingerprint density at radius 2 is 1.84 bits per heavy atom. The molecule has 6 heteroatoms. The van der Waals surface area contributed by atoms with Crippen LogP contribution in [0.2, 0.25) is 0 Å². The number of hydrogen-bond donors (Lipinski definition) is 2. The van der Waals surface area contributed by atoms with Crippen LogP contribution in [-0.2, 0) is 20.9 Å². The first-order valence-corrected chi connectivity index (χ1v) is 8.96. The van der Waals surface area contributed by atoms with Crippen molar-refractivity contribution in [1.82, 2.24) is 10.6 Å². The Morgan fingerprint density at radius 3 is 2.52 bits per heavy atom. The molecular weight excluding hydrogens is 320 g/mol. The molecule has 0 bridgehead atoms. The predicted octanol–water partition coefficient (Wildman–Crippen LogP) is 2.97. The van der Waals surface area contributed by atoms with Crippen LogP contribution in [0.1, 0.15) is 44.6 Å². The molecule has 0 heterocycles. The molecule has 1 aliphatic rings. The molecule has 1 amide bonds. The molecule has 1 aromatic carbocycles. The Balaban J connectivity index is 1.80. The van der Waals surface area contributed by atoms with Gasteiger partial charge in [0.25, 0.3) is 0 Å². The number of carbonyl (C=O) groups is 2. The van der Waals surface area contributed by atoms with Gasteiger partial charge in [-0.15, -0.1) is 0 Å². The number of hydrogen-bond acceptors (Lipinski definition) is 5. The first-order chi connectivity index (χ1) is 12.1. The van der Waals surface area contributed by atoms with Gasteiger partial charge >= 0.3 is 12.1 Å². The van der Waals surface area contributed by atoms with Crippen LogP contribution in [0.5, 0.6) is 0 Å². The average Bonchev–Trinajstić information content (AvgIpc) is 2.64. The number of esters is 1. The fourth-order valence-corrected chi connectivity index (χ4v) is 3.16. The van der Waals surface area contributed by atoms with Crippen molar-refractivity contribution in [3.8, 4) is 0 Å². The topological polar surface area (TPSA) is 76.7 Å². The van der Waals surface area contributed by atoms with Crippen molar-refractivity contribution in [3.05, 3.63) is 35.9 Å². The zero-order valence-electron chi connectivity index (χ0n) is 14.8. The van der Waals surface area contributed by atoms with Crippen LogP contribution in [0, 0.1) is 5.92 Å². The molecule has 1 aromatic rings. The van der Waals surface area contributed by atoms with E-state index in [2.05, 4.69) is 10.6 Å². The summed E-state index contributed by atoms with van der Waals surface area (Å²) in [6.07, 6.45) is 5.41. The zero-order chi connectivity index (χ0) is 17.9. The van der Waals surface area contributed by atoms with Crippen LogP contribution in [-0.4, -0.2) is 31.4 Å². The van der Waals surface area contributed by atoms with Gasteiger partial charge in [0.1, 0.15) is 13.3 Å². The molecule has 1 aliphatic carbocycles. The summed E-state index contributed by atoms with van der Waals surface area (Å²) in [5, 5.41) is 6.06. The average molecular weight is 348 g/mol. The first kappa shape index (κ1) is 19.2. The van der Waals surface area contributed by atoms with Gasteiger partial charge in [-0.3, -0.25) is 10.1 Å². The monoisotopic (exact) mass is 348 g/mol. The highest BCUT2D eigenvalue weighted by Gasteiger charge is 2.25. The lowest BCUT2D eigenvalue weighted by Crippen LogP contribution is -2.47. The molecule has 2 rings (SSSR count). The summed E-state index contributed by atoms with van der Waals surface area (Å²) < 4.78 is 10.2. The molecule has 25 heavy (non-hydrogen) atoms. The maximum absolute atomic E-state index is 12.2. The van der Waals surface area contributed by atoms with Crippen molar-refractivity contribution in [2.75, 3.05) is 13.3 Å². The van der Waals surface area contributed by atoms with Crippen molar-refractivity contribution in [3.63, 3.8) is 0 Å². The Hall–Kier alpha value is -2.08. The number of amides is 1. The number of rotatable bonds is 8. The second-order valence-corrected chi connectivity index (χ2v) is 6.45. The number of ether oxygens (including phenoxy) is 2. The van der Waals surface area contributed by atoms with E-state index >= 15 is 0 Å². The largest absolute Gasteiger partial charge is 0.450 e. The van der Waals surface area contributed by atoms with Crippen molar-refractivity contribution in [2.24, 2.45) is 5.92 Å². The molecule has 0 aliphatic heterocycles. The van der Waals surface area contributed by atoms with Gasteiger partial charge in [0.2, 0.25) is 0 Å². The van der Waals surface area contributed by atoms with Crippen molar-refractivity contribution < 1.29 is 19.1 Å². The van der Waals surface area contributed by atoms with Crippen molar-refractivity contribution in [2.45, 2.75) is 51.7 Å². The highest BCUT2D eigenvalue weighted by atomic mass is 16.5. The standard InChI is InChI=1S/C19H28N2O4/c1-15(22)25-14-20-12-18(17-10-6-3-7-11-17)21-19(23)24-13-16-8-4-2-5-9-16/h2,4-5,8-9,17-18,20H,3,6-7,10-14H2,1H3,(H,21,23)/t18-/m0/s1. The summed E-state index contributed by atoms with van der Waals surface area (Å²) in [5.41, 5.74) is 0.958.